The summed E-state index contributed by atoms with van der Waals surface area (Å²) in [6.07, 6.45) is 0. The van der Waals surface area contributed by atoms with Crippen molar-refractivity contribution in [2.75, 3.05) is 53.4 Å². The molecular formula is C14H28N4OS. The molecule has 2 aliphatic heterocycles. The molecule has 2 saturated heterocycles. The lowest BCUT2D eigenvalue weighted by molar-refractivity contribution is 0.112. The summed E-state index contributed by atoms with van der Waals surface area (Å²) < 4.78 is 0. The number of hydrogen-bond acceptors (Lipinski definition) is 4. The van der Waals surface area contributed by atoms with Crippen molar-refractivity contribution in [1.82, 2.24) is 20.0 Å². The molecule has 0 aromatic heterocycles. The van der Waals surface area contributed by atoms with Gasteiger partial charge in [-0.1, -0.05) is 13.8 Å². The molecule has 0 spiro atoms. The minimum absolute atomic E-state index is 0.102. The number of rotatable bonds is 2. The van der Waals surface area contributed by atoms with Crippen molar-refractivity contribution in [3.05, 3.63) is 0 Å². The summed E-state index contributed by atoms with van der Waals surface area (Å²) in [5.41, 5.74) is 0. The van der Waals surface area contributed by atoms with E-state index in [4.69, 9.17) is 0 Å². The molecule has 0 aromatic carbocycles. The molecule has 6 heteroatoms. The standard InChI is InChI=1S/C14H28N4OS/c1-11-8-18(9-12(2)20-11)14(19)15-7-13-10-16(3)5-6-17(13)4/h11-13H,5-10H2,1-4H3,(H,15,19)/t11-,12-,13+/m1/s1. The molecular weight excluding hydrogens is 272 g/mol. The van der Waals surface area contributed by atoms with E-state index in [9.17, 15) is 4.79 Å². The third-order valence-corrected chi connectivity index (χ3v) is 5.40. The van der Waals surface area contributed by atoms with E-state index in [1.165, 1.54) is 0 Å². The molecule has 3 atom stereocenters. The van der Waals surface area contributed by atoms with Gasteiger partial charge in [-0.15, -0.1) is 0 Å². The topological polar surface area (TPSA) is 38.8 Å². The van der Waals surface area contributed by atoms with E-state index in [0.717, 1.165) is 39.3 Å². The van der Waals surface area contributed by atoms with Crippen LogP contribution in [0.4, 0.5) is 4.79 Å². The summed E-state index contributed by atoms with van der Waals surface area (Å²) in [6, 6.07) is 0.525. The zero-order valence-corrected chi connectivity index (χ0v) is 13.9. The van der Waals surface area contributed by atoms with Crippen molar-refractivity contribution in [3.8, 4) is 0 Å². The first-order valence-corrected chi connectivity index (χ1v) is 8.47. The van der Waals surface area contributed by atoms with Crippen LogP contribution in [0.2, 0.25) is 0 Å². The van der Waals surface area contributed by atoms with Crippen LogP contribution in [0.5, 0.6) is 0 Å². The van der Waals surface area contributed by atoms with E-state index >= 15 is 0 Å². The monoisotopic (exact) mass is 300 g/mol. The minimum Gasteiger partial charge on any atom is -0.336 e. The fourth-order valence-electron chi connectivity index (χ4n) is 2.98. The molecule has 0 bridgehead atoms. The minimum atomic E-state index is 0.102. The highest BCUT2D eigenvalue weighted by atomic mass is 32.2. The molecule has 2 rings (SSSR count). The number of hydrogen-bond donors (Lipinski definition) is 1. The lowest BCUT2D eigenvalue weighted by Gasteiger charge is -2.39. The molecule has 2 amide bonds. The molecule has 1 N–H and O–H groups in total. The Morgan fingerprint density at radius 1 is 1.15 bits per heavy atom. The number of nitrogens with one attached hydrogen (secondary N) is 1. The molecule has 20 heavy (non-hydrogen) atoms. The van der Waals surface area contributed by atoms with E-state index in [1.807, 2.05) is 16.7 Å². The van der Waals surface area contributed by atoms with E-state index in [0.29, 0.717) is 16.5 Å². The molecule has 5 nitrogen and oxygen atoms in total. The van der Waals surface area contributed by atoms with Crippen LogP contribution in [0.25, 0.3) is 0 Å². The second-order valence-corrected chi connectivity index (χ2v) is 8.13. The molecule has 0 unspecified atom stereocenters. The molecule has 2 aliphatic rings. The average molecular weight is 300 g/mol. The SMILES string of the molecule is C[C@@H]1CN(C(=O)NC[C@H]2CN(C)CCN2C)C[C@@H](C)S1. The first kappa shape index (κ1) is 15.9. The zero-order valence-electron chi connectivity index (χ0n) is 13.1. The molecule has 116 valence electrons. The fraction of sp³-hybridized carbons (Fsp3) is 0.929. The van der Waals surface area contributed by atoms with Gasteiger partial charge < -0.3 is 15.1 Å². The van der Waals surface area contributed by atoms with Crippen LogP contribution >= 0.6 is 11.8 Å². The van der Waals surface area contributed by atoms with Gasteiger partial charge in [0.05, 0.1) is 0 Å². The van der Waals surface area contributed by atoms with Crippen molar-refractivity contribution in [2.24, 2.45) is 0 Å². The van der Waals surface area contributed by atoms with Gasteiger partial charge in [0.25, 0.3) is 0 Å². The van der Waals surface area contributed by atoms with Gasteiger partial charge in [-0.25, -0.2) is 4.79 Å². The largest absolute Gasteiger partial charge is 0.336 e. The van der Waals surface area contributed by atoms with E-state index in [2.05, 4.69) is 43.1 Å². The maximum Gasteiger partial charge on any atom is 0.317 e. The predicted octanol–water partition coefficient (Wildman–Crippen LogP) is 0.768. The Kier molecular flexibility index (Phi) is 5.57. The number of thioether (sulfide) groups is 1. The Balaban J connectivity index is 1.79. The van der Waals surface area contributed by atoms with E-state index < -0.39 is 0 Å². The summed E-state index contributed by atoms with van der Waals surface area (Å²) in [4.78, 5) is 18.9. The second-order valence-electron chi connectivity index (χ2n) is 6.25. The van der Waals surface area contributed by atoms with Crippen LogP contribution in [-0.2, 0) is 0 Å². The average Bonchev–Trinajstić information content (AvgIpc) is 2.38. The first-order valence-electron chi connectivity index (χ1n) is 7.52. The smallest absolute Gasteiger partial charge is 0.317 e. The third kappa shape index (κ3) is 4.27. The number of urea groups is 1. The van der Waals surface area contributed by atoms with Gasteiger partial charge in [-0.2, -0.15) is 11.8 Å². The van der Waals surface area contributed by atoms with Gasteiger partial charge in [-0.3, -0.25) is 4.90 Å². The van der Waals surface area contributed by atoms with Crippen LogP contribution in [0.3, 0.4) is 0 Å². The van der Waals surface area contributed by atoms with Crippen molar-refractivity contribution in [1.29, 1.82) is 0 Å². The van der Waals surface area contributed by atoms with Crippen molar-refractivity contribution < 1.29 is 4.79 Å². The van der Waals surface area contributed by atoms with Gasteiger partial charge in [0.15, 0.2) is 0 Å². The van der Waals surface area contributed by atoms with Crippen LogP contribution in [0.15, 0.2) is 0 Å². The van der Waals surface area contributed by atoms with Gasteiger partial charge in [-0.05, 0) is 14.1 Å². The normalized spacial score (nSPS) is 33.2. The summed E-state index contributed by atoms with van der Waals surface area (Å²) >= 11 is 1.97. The van der Waals surface area contributed by atoms with Crippen molar-refractivity contribution in [2.45, 2.75) is 30.4 Å². The van der Waals surface area contributed by atoms with E-state index in [1.54, 1.807) is 0 Å². The Hall–Kier alpha value is -0.460. The summed E-state index contributed by atoms with van der Waals surface area (Å²) in [5, 5.41) is 4.19. The highest BCUT2D eigenvalue weighted by molar-refractivity contribution is 8.00. The van der Waals surface area contributed by atoms with Gasteiger partial charge in [0.1, 0.15) is 0 Å². The lowest BCUT2D eigenvalue weighted by atomic mass is 10.2. The lowest BCUT2D eigenvalue weighted by Crippen LogP contribution is -2.56. The molecule has 0 saturated carbocycles. The molecule has 2 heterocycles. The maximum atomic E-state index is 12.3. The highest BCUT2D eigenvalue weighted by Gasteiger charge is 2.27. The number of carbonyl (C=O) groups is 1. The Labute approximate surface area is 127 Å². The summed E-state index contributed by atoms with van der Waals surface area (Å²) in [6.45, 7) is 10.1. The summed E-state index contributed by atoms with van der Waals surface area (Å²) in [7, 11) is 4.29. The molecule has 0 radical (unpaired) electrons. The zero-order chi connectivity index (χ0) is 14.7. The van der Waals surface area contributed by atoms with Gasteiger partial charge in [0.2, 0.25) is 0 Å². The number of nitrogens with zero attached hydrogens (tertiary/aromatic N) is 3. The molecule has 0 aromatic rings. The van der Waals surface area contributed by atoms with Crippen molar-refractivity contribution >= 4 is 17.8 Å². The third-order valence-electron chi connectivity index (χ3n) is 4.18. The van der Waals surface area contributed by atoms with E-state index in [-0.39, 0.29) is 6.03 Å². The number of likely N-dealkylation sites (N-methyl/N-ethyl adjacent to an activating group) is 2. The summed E-state index contributed by atoms with van der Waals surface area (Å²) in [5.74, 6) is 0. The van der Waals surface area contributed by atoms with Crippen LogP contribution in [0, 0.1) is 0 Å². The first-order chi connectivity index (χ1) is 9.45. The number of amides is 2. The van der Waals surface area contributed by atoms with Crippen molar-refractivity contribution in [3.63, 3.8) is 0 Å². The van der Waals surface area contributed by atoms with Gasteiger partial charge in [0, 0.05) is 55.8 Å². The number of carbonyl (C=O) groups excluding carboxylic acids is 1. The second kappa shape index (κ2) is 7.00. The Bertz CT molecular complexity index is 331. The van der Waals surface area contributed by atoms with Crippen LogP contribution in [0.1, 0.15) is 13.8 Å². The quantitative estimate of drug-likeness (QED) is 0.817. The molecule has 0 aliphatic carbocycles. The van der Waals surface area contributed by atoms with Crippen LogP contribution in [-0.4, -0.2) is 90.6 Å². The maximum absolute atomic E-state index is 12.3. The molecule has 2 fully saturated rings. The number of piperazine rings is 1. The predicted molar refractivity (Wildman–Crippen MR) is 85.4 cm³/mol. The fourth-order valence-corrected chi connectivity index (χ4v) is 4.31. The Morgan fingerprint density at radius 2 is 1.80 bits per heavy atom. The Morgan fingerprint density at radius 3 is 2.45 bits per heavy atom. The van der Waals surface area contributed by atoms with Crippen LogP contribution < -0.4 is 5.32 Å². The highest BCUT2D eigenvalue weighted by Crippen LogP contribution is 2.24. The van der Waals surface area contributed by atoms with Gasteiger partial charge >= 0.3 is 6.03 Å².